The molecule has 124 valence electrons. The lowest BCUT2D eigenvalue weighted by atomic mass is 9.96. The molecular formula is C18H25N3O2. The molecule has 1 aromatic rings. The van der Waals surface area contributed by atoms with Gasteiger partial charge in [0.05, 0.1) is 6.04 Å². The maximum atomic E-state index is 12.2. The number of aryl methyl sites for hydroxylation is 1. The Morgan fingerprint density at radius 2 is 1.70 bits per heavy atom. The lowest BCUT2D eigenvalue weighted by molar-refractivity contribution is -0.117. The average molecular weight is 315 g/mol. The van der Waals surface area contributed by atoms with Crippen molar-refractivity contribution in [2.24, 2.45) is 0 Å². The van der Waals surface area contributed by atoms with Crippen LogP contribution in [0.3, 0.4) is 0 Å². The van der Waals surface area contributed by atoms with Gasteiger partial charge >= 0.3 is 6.03 Å². The van der Waals surface area contributed by atoms with E-state index in [1.165, 1.54) is 24.8 Å². The number of hydrogen-bond donors (Lipinski definition) is 2. The molecule has 5 heteroatoms. The summed E-state index contributed by atoms with van der Waals surface area (Å²) in [6.07, 6.45) is 6.13. The van der Waals surface area contributed by atoms with E-state index in [1.54, 1.807) is 4.90 Å². The van der Waals surface area contributed by atoms with E-state index in [0.717, 1.165) is 18.5 Å². The largest absolute Gasteiger partial charge is 0.335 e. The SMILES string of the molecule is Cc1ccc(N2CC(NC(=O)NC3CCCCC3)CC2=O)cc1. The summed E-state index contributed by atoms with van der Waals surface area (Å²) in [6.45, 7) is 2.57. The Bertz CT molecular complexity index is 564. The first-order chi connectivity index (χ1) is 11.1. The average Bonchev–Trinajstić information content (AvgIpc) is 2.89. The van der Waals surface area contributed by atoms with Crippen molar-refractivity contribution >= 4 is 17.6 Å². The highest BCUT2D eigenvalue weighted by Gasteiger charge is 2.31. The van der Waals surface area contributed by atoms with Gasteiger partial charge in [-0.3, -0.25) is 4.79 Å². The standard InChI is InChI=1S/C18H25N3O2/c1-13-7-9-16(10-8-13)21-12-15(11-17(21)22)20-18(23)19-14-5-3-2-4-6-14/h7-10,14-15H,2-6,11-12H2,1H3,(H2,19,20,23). The van der Waals surface area contributed by atoms with E-state index >= 15 is 0 Å². The number of carbonyl (C=O) groups is 2. The van der Waals surface area contributed by atoms with Gasteiger partial charge < -0.3 is 15.5 Å². The minimum absolute atomic E-state index is 0.0665. The molecule has 2 aliphatic rings. The molecule has 2 N–H and O–H groups in total. The van der Waals surface area contributed by atoms with Crippen LogP contribution < -0.4 is 15.5 Å². The van der Waals surface area contributed by atoms with Crippen molar-refractivity contribution < 1.29 is 9.59 Å². The summed E-state index contributed by atoms with van der Waals surface area (Å²) in [6, 6.07) is 7.94. The van der Waals surface area contributed by atoms with E-state index in [1.807, 2.05) is 31.2 Å². The van der Waals surface area contributed by atoms with Crippen molar-refractivity contribution in [3.63, 3.8) is 0 Å². The van der Waals surface area contributed by atoms with Crippen molar-refractivity contribution in [1.82, 2.24) is 10.6 Å². The highest BCUT2D eigenvalue weighted by Crippen LogP contribution is 2.22. The van der Waals surface area contributed by atoms with Gasteiger partial charge in [0, 0.05) is 24.7 Å². The van der Waals surface area contributed by atoms with Crippen LogP contribution >= 0.6 is 0 Å². The Morgan fingerprint density at radius 1 is 1.04 bits per heavy atom. The number of benzene rings is 1. The smallest absolute Gasteiger partial charge is 0.315 e. The minimum atomic E-state index is -0.138. The van der Waals surface area contributed by atoms with Gasteiger partial charge in [0.1, 0.15) is 0 Å². The van der Waals surface area contributed by atoms with Crippen molar-refractivity contribution in [3.05, 3.63) is 29.8 Å². The number of anilines is 1. The van der Waals surface area contributed by atoms with Gasteiger partial charge in [-0.05, 0) is 31.9 Å². The molecule has 1 aliphatic heterocycles. The fourth-order valence-electron chi connectivity index (χ4n) is 3.44. The van der Waals surface area contributed by atoms with Gasteiger partial charge in [-0.2, -0.15) is 0 Å². The first kappa shape index (κ1) is 15.8. The maximum absolute atomic E-state index is 12.2. The maximum Gasteiger partial charge on any atom is 0.315 e. The highest BCUT2D eigenvalue weighted by atomic mass is 16.2. The van der Waals surface area contributed by atoms with Crippen LogP contribution in [0.1, 0.15) is 44.1 Å². The molecule has 1 atom stereocenters. The fraction of sp³-hybridized carbons (Fsp3) is 0.556. The molecule has 0 bridgehead atoms. The van der Waals surface area contributed by atoms with Crippen LogP contribution in [0.5, 0.6) is 0 Å². The van der Waals surface area contributed by atoms with Crippen LogP contribution in [-0.2, 0) is 4.79 Å². The summed E-state index contributed by atoms with van der Waals surface area (Å²) < 4.78 is 0. The molecule has 1 unspecified atom stereocenters. The van der Waals surface area contributed by atoms with Gasteiger partial charge in [0.25, 0.3) is 0 Å². The van der Waals surface area contributed by atoms with Gasteiger partial charge in [0.15, 0.2) is 0 Å². The third-order valence-corrected chi connectivity index (χ3v) is 4.75. The molecule has 3 amide bonds. The lowest BCUT2D eigenvalue weighted by Gasteiger charge is -2.24. The van der Waals surface area contributed by atoms with Gasteiger partial charge in [-0.1, -0.05) is 37.0 Å². The van der Waals surface area contributed by atoms with Crippen molar-refractivity contribution in [2.75, 3.05) is 11.4 Å². The number of rotatable bonds is 3. The Balaban J connectivity index is 1.52. The number of carbonyl (C=O) groups excluding carboxylic acids is 2. The first-order valence-electron chi connectivity index (χ1n) is 8.56. The number of urea groups is 1. The molecule has 0 radical (unpaired) electrons. The minimum Gasteiger partial charge on any atom is -0.335 e. The van der Waals surface area contributed by atoms with Gasteiger partial charge in [-0.25, -0.2) is 4.79 Å². The molecule has 2 fully saturated rings. The van der Waals surface area contributed by atoms with Gasteiger partial charge in [-0.15, -0.1) is 0 Å². The quantitative estimate of drug-likeness (QED) is 0.901. The van der Waals surface area contributed by atoms with Crippen molar-refractivity contribution in [1.29, 1.82) is 0 Å². The second-order valence-corrected chi connectivity index (χ2v) is 6.69. The third kappa shape index (κ3) is 4.03. The molecule has 1 aromatic carbocycles. The van der Waals surface area contributed by atoms with Crippen molar-refractivity contribution in [2.45, 2.75) is 57.5 Å². The second kappa shape index (κ2) is 7.02. The molecule has 1 heterocycles. The summed E-state index contributed by atoms with van der Waals surface area (Å²) in [5.41, 5.74) is 2.07. The Morgan fingerprint density at radius 3 is 2.39 bits per heavy atom. The van der Waals surface area contributed by atoms with E-state index in [4.69, 9.17) is 0 Å². The molecular weight excluding hydrogens is 290 g/mol. The van der Waals surface area contributed by atoms with E-state index in [2.05, 4.69) is 10.6 Å². The Kier molecular flexibility index (Phi) is 4.84. The zero-order chi connectivity index (χ0) is 16.2. The zero-order valence-corrected chi connectivity index (χ0v) is 13.7. The monoisotopic (exact) mass is 315 g/mol. The summed E-state index contributed by atoms with van der Waals surface area (Å²) in [5.74, 6) is 0.0665. The summed E-state index contributed by atoms with van der Waals surface area (Å²) in [5, 5.41) is 6.00. The molecule has 1 saturated heterocycles. The number of nitrogens with zero attached hydrogens (tertiary/aromatic N) is 1. The molecule has 0 spiro atoms. The van der Waals surface area contributed by atoms with Crippen LogP contribution in [0.4, 0.5) is 10.5 Å². The topological polar surface area (TPSA) is 61.4 Å². The van der Waals surface area contributed by atoms with Gasteiger partial charge in [0.2, 0.25) is 5.91 Å². The van der Waals surface area contributed by atoms with Crippen molar-refractivity contribution in [3.8, 4) is 0 Å². The Hall–Kier alpha value is -2.04. The molecule has 0 aromatic heterocycles. The third-order valence-electron chi connectivity index (χ3n) is 4.75. The van der Waals surface area contributed by atoms with E-state index in [9.17, 15) is 9.59 Å². The lowest BCUT2D eigenvalue weighted by Crippen LogP contribution is -2.47. The Labute approximate surface area is 137 Å². The predicted octanol–water partition coefficient (Wildman–Crippen LogP) is 2.73. The summed E-state index contributed by atoms with van der Waals surface area (Å²) in [7, 11) is 0. The van der Waals surface area contributed by atoms with Crippen LogP contribution in [0.2, 0.25) is 0 Å². The van der Waals surface area contributed by atoms with E-state index in [-0.39, 0.29) is 24.0 Å². The first-order valence-corrected chi connectivity index (χ1v) is 8.56. The summed E-state index contributed by atoms with van der Waals surface area (Å²) >= 11 is 0. The normalized spacial score (nSPS) is 22.2. The van der Waals surface area contributed by atoms with E-state index < -0.39 is 0 Å². The number of hydrogen-bond acceptors (Lipinski definition) is 2. The van der Waals surface area contributed by atoms with Crippen LogP contribution in [0.15, 0.2) is 24.3 Å². The van der Waals surface area contributed by atoms with E-state index in [0.29, 0.717) is 13.0 Å². The van der Waals surface area contributed by atoms with Crippen LogP contribution in [-0.4, -0.2) is 30.6 Å². The zero-order valence-electron chi connectivity index (χ0n) is 13.7. The number of nitrogens with one attached hydrogen (secondary N) is 2. The molecule has 23 heavy (non-hydrogen) atoms. The van der Waals surface area contributed by atoms with Crippen LogP contribution in [0.25, 0.3) is 0 Å². The summed E-state index contributed by atoms with van der Waals surface area (Å²) in [4.78, 5) is 26.1. The second-order valence-electron chi connectivity index (χ2n) is 6.69. The molecule has 1 aliphatic carbocycles. The fourth-order valence-corrected chi connectivity index (χ4v) is 3.44. The molecule has 1 saturated carbocycles. The molecule has 5 nitrogen and oxygen atoms in total. The predicted molar refractivity (Wildman–Crippen MR) is 90.5 cm³/mol. The highest BCUT2D eigenvalue weighted by molar-refractivity contribution is 5.96. The number of amides is 3. The molecule has 3 rings (SSSR count). The van der Waals surface area contributed by atoms with Crippen LogP contribution in [0, 0.1) is 6.92 Å².